The lowest BCUT2D eigenvalue weighted by atomic mass is 10.1. The van der Waals surface area contributed by atoms with Gasteiger partial charge in [0.05, 0.1) is 0 Å². The molecule has 92 valence electrons. The number of hydrogen-bond acceptors (Lipinski definition) is 3. The molecule has 0 atom stereocenters. The Bertz CT molecular complexity index is 537. The van der Waals surface area contributed by atoms with Crippen LogP contribution in [0.1, 0.15) is 11.1 Å². The predicted molar refractivity (Wildman–Crippen MR) is 74.7 cm³/mol. The Labute approximate surface area is 107 Å². The first-order chi connectivity index (χ1) is 8.83. The zero-order valence-electron chi connectivity index (χ0n) is 10.3. The van der Waals surface area contributed by atoms with E-state index in [9.17, 15) is 0 Å². The highest BCUT2D eigenvalue weighted by Crippen LogP contribution is 2.29. The Kier molecular flexibility index (Phi) is 2.89. The molecule has 0 unspecified atom stereocenters. The third kappa shape index (κ3) is 2.16. The number of nitrogen functional groups attached to an aromatic ring is 1. The van der Waals surface area contributed by atoms with Gasteiger partial charge < -0.3 is 10.6 Å². The van der Waals surface area contributed by atoms with E-state index >= 15 is 0 Å². The lowest BCUT2D eigenvalue weighted by Gasteiger charge is -2.19. The summed E-state index contributed by atoms with van der Waals surface area (Å²) in [5.74, 6) is 0. The summed E-state index contributed by atoms with van der Waals surface area (Å²) >= 11 is 0. The Balaban J connectivity index is 1.70. The van der Waals surface area contributed by atoms with Crippen LogP contribution < -0.4 is 10.6 Å². The predicted octanol–water partition coefficient (Wildman–Crippen LogP) is 2.27. The molecule has 1 aromatic heterocycles. The van der Waals surface area contributed by atoms with Crippen molar-refractivity contribution in [1.29, 1.82) is 0 Å². The second-order valence-electron chi connectivity index (χ2n) is 4.74. The maximum Gasteiger partial charge on any atom is 0.0401 e. The summed E-state index contributed by atoms with van der Waals surface area (Å²) in [6, 6.07) is 10.3. The van der Waals surface area contributed by atoms with E-state index in [2.05, 4.69) is 28.1 Å². The molecule has 0 fully saturated rings. The minimum absolute atomic E-state index is 0.864. The van der Waals surface area contributed by atoms with E-state index in [0.717, 1.165) is 31.6 Å². The molecule has 3 nitrogen and oxygen atoms in total. The van der Waals surface area contributed by atoms with Crippen molar-refractivity contribution in [2.75, 3.05) is 23.7 Å². The van der Waals surface area contributed by atoms with E-state index in [0.29, 0.717) is 0 Å². The molecule has 2 heterocycles. The van der Waals surface area contributed by atoms with Crippen LogP contribution in [0.25, 0.3) is 0 Å². The summed E-state index contributed by atoms with van der Waals surface area (Å²) in [6.45, 7) is 2.14. The van der Waals surface area contributed by atoms with Crippen LogP contribution in [-0.4, -0.2) is 18.1 Å². The van der Waals surface area contributed by atoms with Gasteiger partial charge in [0.15, 0.2) is 0 Å². The monoisotopic (exact) mass is 239 g/mol. The van der Waals surface area contributed by atoms with Crippen LogP contribution in [0.2, 0.25) is 0 Å². The highest BCUT2D eigenvalue weighted by atomic mass is 15.1. The van der Waals surface area contributed by atoms with E-state index in [1.807, 2.05) is 24.5 Å². The molecule has 0 bridgehead atoms. The standard InChI is InChI=1S/C15H17N3/c16-14-3-4-15-13(10-14)6-9-18(15)8-5-12-2-1-7-17-11-12/h1-4,7,10-11H,5-6,8-9,16H2. The van der Waals surface area contributed by atoms with Crippen LogP contribution in [-0.2, 0) is 12.8 Å². The Hall–Kier alpha value is -2.03. The van der Waals surface area contributed by atoms with E-state index < -0.39 is 0 Å². The first kappa shape index (κ1) is 11.1. The molecule has 3 heteroatoms. The first-order valence-electron chi connectivity index (χ1n) is 6.35. The molecular formula is C15H17N3. The number of aromatic nitrogens is 1. The molecule has 0 saturated heterocycles. The van der Waals surface area contributed by atoms with Gasteiger partial charge in [0.1, 0.15) is 0 Å². The lowest BCUT2D eigenvalue weighted by Crippen LogP contribution is -2.23. The summed E-state index contributed by atoms with van der Waals surface area (Å²) < 4.78 is 0. The van der Waals surface area contributed by atoms with Gasteiger partial charge in [-0.3, -0.25) is 4.98 Å². The Morgan fingerprint density at radius 1 is 1.28 bits per heavy atom. The van der Waals surface area contributed by atoms with Crippen LogP contribution in [0.15, 0.2) is 42.7 Å². The molecule has 2 N–H and O–H groups in total. The number of nitrogens with two attached hydrogens (primary N) is 1. The third-order valence-corrected chi connectivity index (χ3v) is 3.49. The molecule has 1 aliphatic heterocycles. The fourth-order valence-corrected chi connectivity index (χ4v) is 2.53. The Morgan fingerprint density at radius 3 is 3.06 bits per heavy atom. The maximum atomic E-state index is 5.81. The molecule has 1 aliphatic rings. The number of anilines is 2. The fourth-order valence-electron chi connectivity index (χ4n) is 2.53. The van der Waals surface area contributed by atoms with Crippen LogP contribution in [0.3, 0.4) is 0 Å². The summed E-state index contributed by atoms with van der Waals surface area (Å²) in [4.78, 5) is 6.58. The largest absolute Gasteiger partial charge is 0.399 e. The zero-order chi connectivity index (χ0) is 12.4. The normalized spacial score (nSPS) is 13.7. The van der Waals surface area contributed by atoms with Gasteiger partial charge in [-0.1, -0.05) is 6.07 Å². The van der Waals surface area contributed by atoms with Crippen LogP contribution in [0.4, 0.5) is 11.4 Å². The van der Waals surface area contributed by atoms with Gasteiger partial charge in [0.2, 0.25) is 0 Å². The molecule has 3 rings (SSSR count). The van der Waals surface area contributed by atoms with Crippen LogP contribution in [0.5, 0.6) is 0 Å². The quantitative estimate of drug-likeness (QED) is 0.835. The van der Waals surface area contributed by atoms with Crippen molar-refractivity contribution in [2.45, 2.75) is 12.8 Å². The molecular weight excluding hydrogens is 222 g/mol. The summed E-state index contributed by atoms with van der Waals surface area (Å²) in [5, 5.41) is 0. The highest BCUT2D eigenvalue weighted by Gasteiger charge is 2.18. The molecule has 18 heavy (non-hydrogen) atoms. The minimum Gasteiger partial charge on any atom is -0.399 e. The number of nitrogens with zero attached hydrogens (tertiary/aromatic N) is 2. The second kappa shape index (κ2) is 4.69. The number of hydrogen-bond donors (Lipinski definition) is 1. The SMILES string of the molecule is Nc1ccc2c(c1)CCN2CCc1cccnc1. The molecule has 0 amide bonds. The number of fused-ring (bicyclic) bond motifs is 1. The second-order valence-corrected chi connectivity index (χ2v) is 4.74. The van der Waals surface area contributed by atoms with Crippen molar-refractivity contribution in [1.82, 2.24) is 4.98 Å². The van der Waals surface area contributed by atoms with E-state index in [1.165, 1.54) is 16.8 Å². The highest BCUT2D eigenvalue weighted by molar-refractivity contribution is 5.62. The van der Waals surface area contributed by atoms with Crippen molar-refractivity contribution in [3.05, 3.63) is 53.9 Å². The van der Waals surface area contributed by atoms with Crippen molar-refractivity contribution < 1.29 is 0 Å². The van der Waals surface area contributed by atoms with Gasteiger partial charge in [-0.05, 0) is 48.2 Å². The topological polar surface area (TPSA) is 42.1 Å². The Morgan fingerprint density at radius 2 is 2.22 bits per heavy atom. The summed E-state index contributed by atoms with van der Waals surface area (Å²) in [7, 11) is 0. The molecule has 0 saturated carbocycles. The van der Waals surface area contributed by atoms with Crippen molar-refractivity contribution in [3.8, 4) is 0 Å². The molecule has 2 aromatic rings. The zero-order valence-corrected chi connectivity index (χ0v) is 10.3. The van der Waals surface area contributed by atoms with Crippen molar-refractivity contribution >= 4 is 11.4 Å². The van der Waals surface area contributed by atoms with Crippen molar-refractivity contribution in [3.63, 3.8) is 0 Å². The minimum atomic E-state index is 0.864. The maximum absolute atomic E-state index is 5.81. The van der Waals surface area contributed by atoms with Gasteiger partial charge in [0, 0.05) is 36.9 Å². The number of pyridine rings is 1. The molecule has 0 aliphatic carbocycles. The third-order valence-electron chi connectivity index (χ3n) is 3.49. The molecule has 0 spiro atoms. The number of benzene rings is 1. The van der Waals surface area contributed by atoms with Gasteiger partial charge >= 0.3 is 0 Å². The van der Waals surface area contributed by atoms with E-state index in [-0.39, 0.29) is 0 Å². The molecule has 1 aromatic carbocycles. The van der Waals surface area contributed by atoms with Gasteiger partial charge in [-0.2, -0.15) is 0 Å². The average Bonchev–Trinajstić information content (AvgIpc) is 2.80. The fraction of sp³-hybridized carbons (Fsp3) is 0.267. The van der Waals surface area contributed by atoms with E-state index in [4.69, 9.17) is 5.73 Å². The van der Waals surface area contributed by atoms with E-state index in [1.54, 1.807) is 0 Å². The summed E-state index contributed by atoms with van der Waals surface area (Å²) in [5.41, 5.74) is 10.7. The van der Waals surface area contributed by atoms with Crippen molar-refractivity contribution in [2.24, 2.45) is 0 Å². The number of rotatable bonds is 3. The average molecular weight is 239 g/mol. The van der Waals surface area contributed by atoms with Gasteiger partial charge in [-0.25, -0.2) is 0 Å². The van der Waals surface area contributed by atoms with Crippen LogP contribution in [0, 0.1) is 0 Å². The van der Waals surface area contributed by atoms with Gasteiger partial charge in [0.25, 0.3) is 0 Å². The van der Waals surface area contributed by atoms with Gasteiger partial charge in [-0.15, -0.1) is 0 Å². The lowest BCUT2D eigenvalue weighted by molar-refractivity contribution is 0.811. The molecule has 0 radical (unpaired) electrons. The first-order valence-corrected chi connectivity index (χ1v) is 6.35. The summed E-state index contributed by atoms with van der Waals surface area (Å²) in [6.07, 6.45) is 5.91. The smallest absolute Gasteiger partial charge is 0.0401 e. The van der Waals surface area contributed by atoms with Crippen LogP contribution >= 0.6 is 0 Å².